The highest BCUT2D eigenvalue weighted by molar-refractivity contribution is 6.00. The van der Waals surface area contributed by atoms with Crippen LogP contribution in [0.3, 0.4) is 0 Å². The largest absolute Gasteiger partial charge is 0.507 e. The van der Waals surface area contributed by atoms with Crippen molar-refractivity contribution in [3.8, 4) is 39.5 Å². The first-order valence-corrected chi connectivity index (χ1v) is 18.4. The molecule has 268 valence electrons. The molecule has 6 heteroatoms. The molecule has 54 heavy (non-hydrogen) atoms. The molecule has 0 aliphatic carbocycles. The lowest BCUT2D eigenvalue weighted by Gasteiger charge is -2.26. The van der Waals surface area contributed by atoms with Crippen molar-refractivity contribution in [2.24, 2.45) is 0 Å². The number of phenols is 1. The summed E-state index contributed by atoms with van der Waals surface area (Å²) in [6.45, 7) is 15.3. The first-order chi connectivity index (χ1) is 25.8. The van der Waals surface area contributed by atoms with Gasteiger partial charge >= 0.3 is 0 Å². The van der Waals surface area contributed by atoms with Crippen molar-refractivity contribution in [3.63, 3.8) is 0 Å². The molecule has 5 aromatic carbocycles. The SMILES string of the molecule is Cc1ccnc2c(-c3cncc(-c4cc(N(c5ccccc5)c5ccccc5)cc5oc(-c6cc(C(C)(C)C)ccc6O)nc45)c3)cc(C(C)(C)C)cc12. The third-order valence-electron chi connectivity index (χ3n) is 10.1. The highest BCUT2D eigenvalue weighted by Gasteiger charge is 2.24. The number of anilines is 3. The van der Waals surface area contributed by atoms with Crippen molar-refractivity contribution in [1.29, 1.82) is 0 Å². The number of fused-ring (bicyclic) bond motifs is 2. The average Bonchev–Trinajstić information content (AvgIpc) is 3.59. The van der Waals surface area contributed by atoms with Crippen molar-refractivity contribution in [1.82, 2.24) is 15.0 Å². The summed E-state index contributed by atoms with van der Waals surface area (Å²) in [5.74, 6) is 0.467. The molecule has 1 N–H and O–H groups in total. The number of benzene rings is 5. The summed E-state index contributed by atoms with van der Waals surface area (Å²) in [6.07, 6.45) is 5.68. The molecule has 6 nitrogen and oxygen atoms in total. The summed E-state index contributed by atoms with van der Waals surface area (Å²) < 4.78 is 6.64. The minimum absolute atomic E-state index is 0.0674. The zero-order valence-corrected chi connectivity index (χ0v) is 31.8. The van der Waals surface area contributed by atoms with Crippen molar-refractivity contribution in [2.45, 2.75) is 59.3 Å². The standard InChI is InChI=1S/C48H44N4O2/c1-30-20-21-50-44-38(30)24-34(48(5,6)7)25-39(44)31-22-32(29-49-28-31)40-26-37(52(35-14-10-8-11-15-35)36-16-12-9-13-17-36)27-43-45(40)51-46(54-43)41-23-33(47(2,3)4)18-19-42(41)53/h8-29,53H,1-7H3. The number of oxazole rings is 1. The van der Waals surface area contributed by atoms with E-state index in [1.165, 1.54) is 11.1 Å². The quantitative estimate of drug-likeness (QED) is 0.185. The summed E-state index contributed by atoms with van der Waals surface area (Å²) in [5.41, 5.74) is 12.7. The molecular weight excluding hydrogens is 665 g/mol. The molecule has 0 saturated heterocycles. The number of aryl methyl sites for hydroxylation is 1. The molecule has 0 fully saturated rings. The summed E-state index contributed by atoms with van der Waals surface area (Å²) in [4.78, 5) is 17.0. The molecule has 3 aromatic heterocycles. The van der Waals surface area contributed by atoms with Crippen LogP contribution in [0.15, 0.2) is 138 Å². The second-order valence-corrected chi connectivity index (χ2v) is 16.1. The molecule has 3 heterocycles. The fraction of sp³-hybridized carbons (Fsp3) is 0.188. The molecule has 0 atom stereocenters. The molecule has 0 aliphatic rings. The van der Waals surface area contributed by atoms with Gasteiger partial charge in [-0.2, -0.15) is 0 Å². The maximum atomic E-state index is 11.1. The van der Waals surface area contributed by atoms with Crippen LogP contribution in [0.4, 0.5) is 17.1 Å². The number of hydrogen-bond acceptors (Lipinski definition) is 6. The third-order valence-corrected chi connectivity index (χ3v) is 10.1. The Bertz CT molecular complexity index is 2610. The predicted octanol–water partition coefficient (Wildman–Crippen LogP) is 12.9. The van der Waals surface area contributed by atoms with E-state index in [0.717, 1.165) is 55.8 Å². The maximum absolute atomic E-state index is 11.1. The molecule has 0 bridgehead atoms. The number of phenolic OH excluding ortho intramolecular Hbond substituents is 1. The smallest absolute Gasteiger partial charge is 0.231 e. The molecule has 8 rings (SSSR count). The highest BCUT2D eigenvalue weighted by Crippen LogP contribution is 2.44. The minimum atomic E-state index is -0.132. The maximum Gasteiger partial charge on any atom is 0.231 e. The number of para-hydroxylation sites is 2. The van der Waals surface area contributed by atoms with Gasteiger partial charge in [0.25, 0.3) is 0 Å². The molecular formula is C48H44N4O2. The van der Waals surface area contributed by atoms with Gasteiger partial charge in [0.15, 0.2) is 5.58 Å². The van der Waals surface area contributed by atoms with Crippen LogP contribution in [0.5, 0.6) is 5.75 Å². The van der Waals surface area contributed by atoms with E-state index in [4.69, 9.17) is 19.4 Å². The molecule has 8 aromatic rings. The van der Waals surface area contributed by atoms with E-state index in [9.17, 15) is 5.11 Å². The topological polar surface area (TPSA) is 75.3 Å². The predicted molar refractivity (Wildman–Crippen MR) is 222 cm³/mol. The molecule has 0 spiro atoms. The van der Waals surface area contributed by atoms with Crippen LogP contribution in [0, 0.1) is 6.92 Å². The van der Waals surface area contributed by atoms with E-state index < -0.39 is 0 Å². The van der Waals surface area contributed by atoms with Gasteiger partial charge in [0, 0.05) is 63.7 Å². The van der Waals surface area contributed by atoms with Crippen molar-refractivity contribution in [3.05, 3.63) is 151 Å². The lowest BCUT2D eigenvalue weighted by atomic mass is 9.83. The molecule has 0 aliphatic heterocycles. The van der Waals surface area contributed by atoms with E-state index in [0.29, 0.717) is 22.6 Å². The van der Waals surface area contributed by atoms with E-state index in [-0.39, 0.29) is 16.6 Å². The monoisotopic (exact) mass is 708 g/mol. The number of rotatable bonds is 6. The highest BCUT2D eigenvalue weighted by atomic mass is 16.3. The first kappa shape index (κ1) is 34.8. The van der Waals surface area contributed by atoms with Crippen LogP contribution in [0.2, 0.25) is 0 Å². The van der Waals surface area contributed by atoms with Crippen LogP contribution >= 0.6 is 0 Å². The average molecular weight is 709 g/mol. The van der Waals surface area contributed by atoms with Gasteiger partial charge in [-0.05, 0) is 101 Å². The van der Waals surface area contributed by atoms with Gasteiger partial charge in [-0.25, -0.2) is 4.98 Å². The Morgan fingerprint density at radius 3 is 1.83 bits per heavy atom. The Labute approximate surface area is 316 Å². The van der Waals surface area contributed by atoms with E-state index >= 15 is 0 Å². The van der Waals surface area contributed by atoms with Gasteiger partial charge in [-0.15, -0.1) is 0 Å². The van der Waals surface area contributed by atoms with Gasteiger partial charge in [-0.1, -0.05) is 84.0 Å². The summed E-state index contributed by atoms with van der Waals surface area (Å²) in [6, 6.07) is 39.2. The zero-order valence-electron chi connectivity index (χ0n) is 31.8. The molecule has 0 saturated carbocycles. The van der Waals surface area contributed by atoms with Gasteiger partial charge in [0.2, 0.25) is 5.89 Å². The lowest BCUT2D eigenvalue weighted by molar-refractivity contribution is 0.473. The molecule has 0 radical (unpaired) electrons. The van der Waals surface area contributed by atoms with Crippen LogP contribution in [-0.2, 0) is 10.8 Å². The number of hydrogen-bond donors (Lipinski definition) is 1. The Balaban J connectivity index is 1.39. The van der Waals surface area contributed by atoms with Gasteiger partial charge in [-0.3, -0.25) is 9.97 Å². The van der Waals surface area contributed by atoms with Crippen LogP contribution in [0.1, 0.15) is 58.2 Å². The molecule has 0 unspecified atom stereocenters. The zero-order chi connectivity index (χ0) is 37.8. The van der Waals surface area contributed by atoms with Crippen LogP contribution in [-0.4, -0.2) is 20.1 Å². The molecule has 0 amide bonds. The van der Waals surface area contributed by atoms with E-state index in [1.54, 1.807) is 6.07 Å². The van der Waals surface area contributed by atoms with Crippen molar-refractivity contribution < 1.29 is 9.52 Å². The Morgan fingerprint density at radius 2 is 1.20 bits per heavy atom. The summed E-state index contributed by atoms with van der Waals surface area (Å²) in [7, 11) is 0. The van der Waals surface area contributed by atoms with Gasteiger partial charge < -0.3 is 14.4 Å². The Hall–Kier alpha value is -6.27. The first-order valence-electron chi connectivity index (χ1n) is 18.4. The fourth-order valence-electron chi connectivity index (χ4n) is 7.03. The summed E-state index contributed by atoms with van der Waals surface area (Å²) >= 11 is 0. The van der Waals surface area contributed by atoms with E-state index in [2.05, 4.69) is 108 Å². The van der Waals surface area contributed by atoms with Gasteiger partial charge in [0.1, 0.15) is 11.3 Å². The second-order valence-electron chi connectivity index (χ2n) is 16.1. The number of nitrogens with zero attached hydrogens (tertiary/aromatic N) is 4. The number of pyridine rings is 2. The summed E-state index contributed by atoms with van der Waals surface area (Å²) in [5, 5.41) is 12.3. The van der Waals surface area contributed by atoms with Crippen LogP contribution < -0.4 is 4.90 Å². The van der Waals surface area contributed by atoms with Crippen molar-refractivity contribution >= 4 is 39.1 Å². The Kier molecular flexibility index (Phi) is 8.57. The van der Waals surface area contributed by atoms with Crippen molar-refractivity contribution in [2.75, 3.05) is 4.90 Å². The fourth-order valence-corrected chi connectivity index (χ4v) is 7.03. The van der Waals surface area contributed by atoms with Gasteiger partial charge in [0.05, 0.1) is 16.8 Å². The Morgan fingerprint density at radius 1 is 0.593 bits per heavy atom. The number of aromatic nitrogens is 3. The minimum Gasteiger partial charge on any atom is -0.507 e. The normalized spacial score (nSPS) is 12.1. The number of aromatic hydroxyl groups is 1. The second kappa shape index (κ2) is 13.3. The third kappa shape index (κ3) is 6.49. The lowest BCUT2D eigenvalue weighted by Crippen LogP contribution is -2.11. The van der Waals surface area contributed by atoms with Crippen LogP contribution in [0.25, 0.3) is 55.7 Å². The van der Waals surface area contributed by atoms with E-state index in [1.807, 2.05) is 73.2 Å².